The molecule has 1 aromatic rings. The predicted molar refractivity (Wildman–Crippen MR) is 139 cm³/mol. The summed E-state index contributed by atoms with van der Waals surface area (Å²) >= 11 is 0. The average Bonchev–Trinajstić information content (AvgIpc) is 3.21. The zero-order valence-corrected chi connectivity index (χ0v) is 22.1. The summed E-state index contributed by atoms with van der Waals surface area (Å²) in [6.45, 7) is 8.76. The van der Waals surface area contributed by atoms with Gasteiger partial charge in [-0.3, -0.25) is 4.99 Å². The third-order valence-electron chi connectivity index (χ3n) is 5.92. The average molecular weight is 548 g/mol. The summed E-state index contributed by atoms with van der Waals surface area (Å²) in [5.74, 6) is 1.77. The molecule has 0 aliphatic heterocycles. The van der Waals surface area contributed by atoms with Gasteiger partial charge in [-0.25, -0.2) is 0 Å². The van der Waals surface area contributed by atoms with E-state index in [1.54, 1.807) is 7.11 Å². The van der Waals surface area contributed by atoms with Crippen LogP contribution in [0.3, 0.4) is 0 Å². The molecular formula is C24H42IN3O3. The van der Waals surface area contributed by atoms with E-state index in [1.165, 1.54) is 31.2 Å². The number of aryl methyl sites for hydroxylation is 1. The van der Waals surface area contributed by atoms with Crippen LogP contribution in [0.5, 0.6) is 5.75 Å². The number of nitrogens with zero attached hydrogens (tertiary/aromatic N) is 1. The Morgan fingerprint density at radius 2 is 1.90 bits per heavy atom. The van der Waals surface area contributed by atoms with Gasteiger partial charge in [-0.05, 0) is 50.2 Å². The van der Waals surface area contributed by atoms with E-state index in [4.69, 9.17) is 14.2 Å². The minimum Gasteiger partial charge on any atom is -0.493 e. The molecular weight excluding hydrogens is 505 g/mol. The van der Waals surface area contributed by atoms with Crippen molar-refractivity contribution in [2.45, 2.75) is 58.9 Å². The number of hydrogen-bond acceptors (Lipinski definition) is 4. The fourth-order valence-electron chi connectivity index (χ4n) is 4.07. The fourth-order valence-corrected chi connectivity index (χ4v) is 4.07. The molecule has 0 aromatic heterocycles. The van der Waals surface area contributed by atoms with Crippen molar-refractivity contribution in [3.8, 4) is 5.75 Å². The second-order valence-corrected chi connectivity index (χ2v) is 8.24. The van der Waals surface area contributed by atoms with Crippen LogP contribution in [-0.2, 0) is 16.0 Å². The number of guanidine groups is 1. The molecule has 0 bridgehead atoms. The fraction of sp³-hybridized carbons (Fsp3) is 0.708. The van der Waals surface area contributed by atoms with Gasteiger partial charge in [-0.2, -0.15) is 0 Å². The first kappa shape index (κ1) is 28.0. The van der Waals surface area contributed by atoms with Crippen molar-refractivity contribution < 1.29 is 14.2 Å². The molecule has 1 aliphatic carbocycles. The highest BCUT2D eigenvalue weighted by molar-refractivity contribution is 14.0. The molecule has 7 heteroatoms. The van der Waals surface area contributed by atoms with Gasteiger partial charge in [0.2, 0.25) is 0 Å². The summed E-state index contributed by atoms with van der Waals surface area (Å²) in [5.41, 5.74) is 2.65. The molecule has 0 amide bonds. The maximum atomic E-state index is 6.00. The zero-order chi connectivity index (χ0) is 21.7. The van der Waals surface area contributed by atoms with Crippen molar-refractivity contribution in [2.24, 2.45) is 10.4 Å². The number of benzene rings is 1. The van der Waals surface area contributed by atoms with Gasteiger partial charge in [0.1, 0.15) is 5.75 Å². The smallest absolute Gasteiger partial charge is 0.191 e. The SMILES string of the molecule is CCOCCC1(CNC(=NC)NCc2ccc(C)cc2OCCCOC)CCCC1.I. The third kappa shape index (κ3) is 9.95. The highest BCUT2D eigenvalue weighted by Crippen LogP contribution is 2.40. The minimum absolute atomic E-state index is 0. The summed E-state index contributed by atoms with van der Waals surface area (Å²) in [5, 5.41) is 7.02. The van der Waals surface area contributed by atoms with Crippen molar-refractivity contribution in [1.29, 1.82) is 0 Å². The first-order chi connectivity index (χ1) is 14.6. The van der Waals surface area contributed by atoms with E-state index in [-0.39, 0.29) is 24.0 Å². The first-order valence-corrected chi connectivity index (χ1v) is 11.4. The largest absolute Gasteiger partial charge is 0.493 e. The van der Waals surface area contributed by atoms with Crippen LogP contribution in [0, 0.1) is 12.3 Å². The van der Waals surface area contributed by atoms with Crippen molar-refractivity contribution in [3.63, 3.8) is 0 Å². The molecule has 0 unspecified atom stereocenters. The predicted octanol–water partition coefficient (Wildman–Crippen LogP) is 4.68. The lowest BCUT2D eigenvalue weighted by Crippen LogP contribution is -2.43. The molecule has 1 aromatic carbocycles. The van der Waals surface area contributed by atoms with Crippen molar-refractivity contribution in [2.75, 3.05) is 47.1 Å². The Morgan fingerprint density at radius 3 is 2.58 bits per heavy atom. The Balaban J connectivity index is 0.00000480. The van der Waals surface area contributed by atoms with Crippen LogP contribution in [0.15, 0.2) is 23.2 Å². The van der Waals surface area contributed by atoms with Gasteiger partial charge in [0, 0.05) is 59.1 Å². The van der Waals surface area contributed by atoms with Gasteiger partial charge in [-0.1, -0.05) is 25.0 Å². The molecule has 0 spiro atoms. The second-order valence-electron chi connectivity index (χ2n) is 8.24. The maximum absolute atomic E-state index is 6.00. The summed E-state index contributed by atoms with van der Waals surface area (Å²) in [6.07, 6.45) is 7.15. The first-order valence-electron chi connectivity index (χ1n) is 11.4. The highest BCUT2D eigenvalue weighted by Gasteiger charge is 2.33. The highest BCUT2D eigenvalue weighted by atomic mass is 127. The van der Waals surface area contributed by atoms with Crippen LogP contribution in [0.25, 0.3) is 0 Å². The van der Waals surface area contributed by atoms with Crippen LogP contribution >= 0.6 is 24.0 Å². The number of aliphatic imine (C=N–C) groups is 1. The number of halogens is 1. The van der Waals surface area contributed by atoms with Crippen LogP contribution in [0.2, 0.25) is 0 Å². The molecule has 6 nitrogen and oxygen atoms in total. The number of ether oxygens (including phenoxy) is 3. The van der Waals surface area contributed by atoms with E-state index in [1.807, 2.05) is 7.05 Å². The molecule has 0 radical (unpaired) electrons. The number of methoxy groups -OCH3 is 1. The Kier molecular flexibility index (Phi) is 14.2. The Hall–Kier alpha value is -1.06. The lowest BCUT2D eigenvalue weighted by molar-refractivity contribution is 0.105. The Labute approximate surface area is 205 Å². The molecule has 0 atom stereocenters. The van der Waals surface area contributed by atoms with Crippen LogP contribution < -0.4 is 15.4 Å². The standard InChI is InChI=1S/C24H41N3O3.HI/c1-5-29-16-13-24(11-6-7-12-24)19-27-23(25-3)26-18-21-10-9-20(2)17-22(21)30-15-8-14-28-4;/h9-10,17H,5-8,11-16,18-19H2,1-4H3,(H2,25,26,27);1H. The zero-order valence-electron chi connectivity index (χ0n) is 19.8. The van der Waals surface area contributed by atoms with E-state index < -0.39 is 0 Å². The molecule has 0 heterocycles. The van der Waals surface area contributed by atoms with Crippen LogP contribution in [0.4, 0.5) is 0 Å². The molecule has 31 heavy (non-hydrogen) atoms. The van der Waals surface area contributed by atoms with Gasteiger partial charge in [0.15, 0.2) is 5.96 Å². The normalized spacial score (nSPS) is 15.4. The molecule has 2 N–H and O–H groups in total. The topological polar surface area (TPSA) is 64.1 Å². The second kappa shape index (κ2) is 15.7. The number of rotatable bonds is 13. The summed E-state index contributed by atoms with van der Waals surface area (Å²) in [4.78, 5) is 4.43. The Bertz CT molecular complexity index is 649. The van der Waals surface area contributed by atoms with E-state index in [0.29, 0.717) is 25.2 Å². The molecule has 0 saturated heterocycles. The van der Waals surface area contributed by atoms with E-state index >= 15 is 0 Å². The van der Waals surface area contributed by atoms with Crippen LogP contribution in [0.1, 0.15) is 56.6 Å². The minimum atomic E-state index is 0. The van der Waals surface area contributed by atoms with E-state index in [2.05, 4.69) is 47.7 Å². The quantitative estimate of drug-likeness (QED) is 0.163. The molecule has 2 rings (SSSR count). The van der Waals surface area contributed by atoms with E-state index in [9.17, 15) is 0 Å². The van der Waals surface area contributed by atoms with Gasteiger partial charge >= 0.3 is 0 Å². The molecule has 1 aliphatic rings. The molecule has 1 fully saturated rings. The van der Waals surface area contributed by atoms with Crippen molar-refractivity contribution in [1.82, 2.24) is 10.6 Å². The maximum Gasteiger partial charge on any atom is 0.191 e. The summed E-state index contributed by atoms with van der Waals surface area (Å²) in [7, 11) is 3.54. The lowest BCUT2D eigenvalue weighted by atomic mass is 9.83. The van der Waals surface area contributed by atoms with Gasteiger partial charge < -0.3 is 24.8 Å². The van der Waals surface area contributed by atoms with E-state index in [0.717, 1.165) is 49.9 Å². The molecule has 178 valence electrons. The van der Waals surface area contributed by atoms with Gasteiger partial charge in [-0.15, -0.1) is 24.0 Å². The van der Waals surface area contributed by atoms with Crippen molar-refractivity contribution >= 4 is 29.9 Å². The molecule has 1 saturated carbocycles. The van der Waals surface area contributed by atoms with Gasteiger partial charge in [0.25, 0.3) is 0 Å². The lowest BCUT2D eigenvalue weighted by Gasteiger charge is -2.30. The number of hydrogen-bond donors (Lipinski definition) is 2. The van der Waals surface area contributed by atoms with Crippen molar-refractivity contribution in [3.05, 3.63) is 29.3 Å². The third-order valence-corrected chi connectivity index (χ3v) is 5.92. The summed E-state index contributed by atoms with van der Waals surface area (Å²) < 4.78 is 16.7. The van der Waals surface area contributed by atoms with Crippen LogP contribution in [-0.4, -0.2) is 53.1 Å². The number of nitrogens with one attached hydrogen (secondary N) is 2. The Morgan fingerprint density at radius 1 is 1.13 bits per heavy atom. The van der Waals surface area contributed by atoms with Gasteiger partial charge in [0.05, 0.1) is 6.61 Å². The monoisotopic (exact) mass is 547 g/mol. The summed E-state index contributed by atoms with van der Waals surface area (Å²) in [6, 6.07) is 6.35.